The summed E-state index contributed by atoms with van der Waals surface area (Å²) in [6.45, 7) is 8.51. The van der Waals surface area contributed by atoms with Crippen LogP contribution in [-0.4, -0.2) is 30.1 Å². The van der Waals surface area contributed by atoms with E-state index in [0.29, 0.717) is 4.47 Å². The second-order valence-corrected chi connectivity index (χ2v) is 6.48. The van der Waals surface area contributed by atoms with E-state index in [-0.39, 0.29) is 11.4 Å². The monoisotopic (exact) mass is 314 g/mol. The summed E-state index contributed by atoms with van der Waals surface area (Å²) in [7, 11) is 0. The SMILES string of the molecule is CC1(C)CN(Cc2ccc(F)c(Br)c2)CCCN1. The van der Waals surface area contributed by atoms with E-state index in [9.17, 15) is 4.39 Å². The Kier molecular flexibility index (Phi) is 4.41. The molecular formula is C14H20BrFN2. The molecule has 2 nitrogen and oxygen atoms in total. The predicted molar refractivity (Wildman–Crippen MR) is 76.1 cm³/mol. The molecule has 1 heterocycles. The summed E-state index contributed by atoms with van der Waals surface area (Å²) in [5.74, 6) is -0.198. The molecule has 1 fully saturated rings. The minimum absolute atomic E-state index is 0.147. The zero-order chi connectivity index (χ0) is 13.2. The molecule has 1 aliphatic heterocycles. The fourth-order valence-corrected chi connectivity index (χ4v) is 2.88. The van der Waals surface area contributed by atoms with Crippen LogP contribution in [0.5, 0.6) is 0 Å². The Balaban J connectivity index is 2.05. The third-order valence-electron chi connectivity index (χ3n) is 3.26. The molecular weight excluding hydrogens is 295 g/mol. The number of rotatable bonds is 2. The first-order valence-corrected chi connectivity index (χ1v) is 7.17. The maximum atomic E-state index is 13.2. The Morgan fingerprint density at radius 3 is 2.94 bits per heavy atom. The second kappa shape index (κ2) is 5.68. The van der Waals surface area contributed by atoms with Crippen LogP contribution >= 0.6 is 15.9 Å². The van der Waals surface area contributed by atoms with Crippen LogP contribution < -0.4 is 5.32 Å². The molecule has 0 unspecified atom stereocenters. The highest BCUT2D eigenvalue weighted by Gasteiger charge is 2.23. The molecule has 0 spiro atoms. The molecule has 1 aromatic rings. The first kappa shape index (κ1) is 14.0. The minimum atomic E-state index is -0.198. The van der Waals surface area contributed by atoms with Crippen LogP contribution in [0.2, 0.25) is 0 Å². The van der Waals surface area contributed by atoms with Gasteiger partial charge in [-0.25, -0.2) is 4.39 Å². The van der Waals surface area contributed by atoms with Gasteiger partial charge in [0.1, 0.15) is 5.82 Å². The van der Waals surface area contributed by atoms with E-state index in [1.165, 1.54) is 6.07 Å². The Bertz CT molecular complexity index is 420. The topological polar surface area (TPSA) is 15.3 Å². The Hall–Kier alpha value is -0.450. The van der Waals surface area contributed by atoms with E-state index in [0.717, 1.165) is 38.2 Å². The molecule has 4 heteroatoms. The van der Waals surface area contributed by atoms with E-state index >= 15 is 0 Å². The van der Waals surface area contributed by atoms with Gasteiger partial charge in [-0.15, -0.1) is 0 Å². The molecule has 0 aromatic heterocycles. The average Bonchev–Trinajstić information content (AvgIpc) is 2.44. The van der Waals surface area contributed by atoms with Gasteiger partial charge in [0.15, 0.2) is 0 Å². The van der Waals surface area contributed by atoms with Crippen molar-refractivity contribution in [2.24, 2.45) is 0 Å². The number of hydrogen-bond donors (Lipinski definition) is 1. The van der Waals surface area contributed by atoms with E-state index in [1.54, 1.807) is 0 Å². The first-order chi connectivity index (χ1) is 8.46. The summed E-state index contributed by atoms with van der Waals surface area (Å²) in [6.07, 6.45) is 1.16. The van der Waals surface area contributed by atoms with Gasteiger partial charge in [-0.05, 0) is 67.0 Å². The van der Waals surface area contributed by atoms with Gasteiger partial charge in [-0.1, -0.05) is 6.07 Å². The summed E-state index contributed by atoms with van der Waals surface area (Å²) < 4.78 is 13.7. The van der Waals surface area contributed by atoms with Crippen molar-refractivity contribution in [2.45, 2.75) is 32.4 Å². The van der Waals surface area contributed by atoms with Crippen LogP contribution in [0.1, 0.15) is 25.8 Å². The normalized spacial score (nSPS) is 20.7. The number of benzene rings is 1. The van der Waals surface area contributed by atoms with Gasteiger partial charge in [0.25, 0.3) is 0 Å². The first-order valence-electron chi connectivity index (χ1n) is 6.38. The Morgan fingerprint density at radius 1 is 1.44 bits per heavy atom. The number of halogens is 2. The molecule has 0 amide bonds. The van der Waals surface area contributed by atoms with Crippen molar-refractivity contribution in [2.75, 3.05) is 19.6 Å². The van der Waals surface area contributed by atoms with E-state index < -0.39 is 0 Å². The van der Waals surface area contributed by atoms with Gasteiger partial charge in [0.2, 0.25) is 0 Å². The zero-order valence-electron chi connectivity index (χ0n) is 11.0. The second-order valence-electron chi connectivity index (χ2n) is 5.62. The average molecular weight is 315 g/mol. The lowest BCUT2D eigenvalue weighted by Crippen LogP contribution is -2.46. The standard InChI is InChI=1S/C14H20BrFN2/c1-14(2)10-18(7-3-6-17-14)9-11-4-5-13(16)12(15)8-11/h4-5,8,17H,3,6-7,9-10H2,1-2H3. The molecule has 18 heavy (non-hydrogen) atoms. The van der Waals surface area contributed by atoms with Gasteiger partial charge >= 0.3 is 0 Å². The zero-order valence-corrected chi connectivity index (χ0v) is 12.6. The third-order valence-corrected chi connectivity index (χ3v) is 3.87. The molecule has 0 saturated carbocycles. The van der Waals surface area contributed by atoms with Crippen molar-refractivity contribution < 1.29 is 4.39 Å². The molecule has 0 atom stereocenters. The van der Waals surface area contributed by atoms with Crippen molar-refractivity contribution >= 4 is 15.9 Å². The van der Waals surface area contributed by atoms with Gasteiger partial charge in [-0.2, -0.15) is 0 Å². The number of nitrogens with zero attached hydrogens (tertiary/aromatic N) is 1. The molecule has 100 valence electrons. The van der Waals surface area contributed by atoms with Crippen molar-refractivity contribution in [3.8, 4) is 0 Å². The molecule has 0 bridgehead atoms. The van der Waals surface area contributed by atoms with Crippen molar-refractivity contribution in [1.82, 2.24) is 10.2 Å². The Morgan fingerprint density at radius 2 is 2.22 bits per heavy atom. The van der Waals surface area contributed by atoms with E-state index in [4.69, 9.17) is 0 Å². The highest BCUT2D eigenvalue weighted by atomic mass is 79.9. The van der Waals surface area contributed by atoms with Crippen LogP contribution in [-0.2, 0) is 6.54 Å². The molecule has 0 aliphatic carbocycles. The smallest absolute Gasteiger partial charge is 0.137 e. The molecule has 2 rings (SSSR count). The van der Waals surface area contributed by atoms with Crippen molar-refractivity contribution in [3.05, 3.63) is 34.1 Å². The maximum absolute atomic E-state index is 13.2. The minimum Gasteiger partial charge on any atom is -0.310 e. The fraction of sp³-hybridized carbons (Fsp3) is 0.571. The fourth-order valence-electron chi connectivity index (χ4n) is 2.45. The van der Waals surface area contributed by atoms with Crippen LogP contribution in [0.3, 0.4) is 0 Å². The van der Waals surface area contributed by atoms with E-state index in [1.807, 2.05) is 12.1 Å². The van der Waals surface area contributed by atoms with Crippen LogP contribution in [0.15, 0.2) is 22.7 Å². The maximum Gasteiger partial charge on any atom is 0.137 e. The van der Waals surface area contributed by atoms with E-state index in [2.05, 4.69) is 40.0 Å². The van der Waals surface area contributed by atoms with Crippen molar-refractivity contribution in [1.29, 1.82) is 0 Å². The highest BCUT2D eigenvalue weighted by molar-refractivity contribution is 9.10. The largest absolute Gasteiger partial charge is 0.310 e. The van der Waals surface area contributed by atoms with Crippen molar-refractivity contribution in [3.63, 3.8) is 0 Å². The molecule has 0 radical (unpaired) electrons. The number of hydrogen-bond acceptors (Lipinski definition) is 2. The summed E-state index contributed by atoms with van der Waals surface area (Å²) in [6, 6.07) is 5.27. The summed E-state index contributed by atoms with van der Waals surface area (Å²) in [5, 5.41) is 3.55. The molecule has 1 aromatic carbocycles. The van der Waals surface area contributed by atoms with Gasteiger partial charge in [0, 0.05) is 18.6 Å². The van der Waals surface area contributed by atoms with Crippen LogP contribution in [0.25, 0.3) is 0 Å². The number of nitrogens with one attached hydrogen (secondary N) is 1. The van der Waals surface area contributed by atoms with Gasteiger partial charge in [0.05, 0.1) is 4.47 Å². The van der Waals surface area contributed by atoms with Crippen LogP contribution in [0, 0.1) is 5.82 Å². The summed E-state index contributed by atoms with van der Waals surface area (Å²) in [4.78, 5) is 2.43. The Labute approximate surface area is 117 Å². The van der Waals surface area contributed by atoms with Crippen LogP contribution in [0.4, 0.5) is 4.39 Å². The predicted octanol–water partition coefficient (Wildman–Crippen LogP) is 3.16. The molecule has 1 N–H and O–H groups in total. The molecule has 1 aliphatic rings. The lowest BCUT2D eigenvalue weighted by molar-refractivity contribution is 0.224. The van der Waals surface area contributed by atoms with Gasteiger partial charge < -0.3 is 5.32 Å². The lowest BCUT2D eigenvalue weighted by Gasteiger charge is -2.30. The summed E-state index contributed by atoms with van der Waals surface area (Å²) in [5.41, 5.74) is 1.30. The quantitative estimate of drug-likeness (QED) is 0.902. The summed E-state index contributed by atoms with van der Waals surface area (Å²) >= 11 is 3.24. The highest BCUT2D eigenvalue weighted by Crippen LogP contribution is 2.19. The molecule has 1 saturated heterocycles. The van der Waals surface area contributed by atoms with Gasteiger partial charge in [-0.3, -0.25) is 4.90 Å². The lowest BCUT2D eigenvalue weighted by atomic mass is 10.1. The third kappa shape index (κ3) is 3.77.